The van der Waals surface area contributed by atoms with Crippen LogP contribution in [0.25, 0.3) is 6.08 Å². The first-order valence-electron chi connectivity index (χ1n) is 8.58. The zero-order chi connectivity index (χ0) is 20.2. The van der Waals surface area contributed by atoms with E-state index in [0.717, 1.165) is 13.5 Å². The van der Waals surface area contributed by atoms with Gasteiger partial charge in [0.05, 0.1) is 20.3 Å². The fourth-order valence-electron chi connectivity index (χ4n) is 1.91. The maximum atomic E-state index is 11.8. The first kappa shape index (κ1) is 22.0. The normalized spacial score (nSPS) is 11.6. The fraction of sp³-hybridized carbons (Fsp3) is 0.421. The second kappa shape index (κ2) is 11.6. The minimum absolute atomic E-state index is 0.477. The SMILES string of the molecule is CCCOc1ccc(/C=C/C(=O)O[C@H](C)C(=O)NC(=O)OC)cc1OCC. The molecule has 1 aromatic rings. The molecule has 1 N–H and O–H groups in total. The average Bonchev–Trinajstić information content (AvgIpc) is 2.65. The monoisotopic (exact) mass is 379 g/mol. The van der Waals surface area contributed by atoms with Gasteiger partial charge in [-0.05, 0) is 44.0 Å². The van der Waals surface area contributed by atoms with E-state index >= 15 is 0 Å². The Kier molecular flexibility index (Phi) is 9.42. The van der Waals surface area contributed by atoms with Crippen LogP contribution in [-0.2, 0) is 19.1 Å². The summed E-state index contributed by atoms with van der Waals surface area (Å²) >= 11 is 0. The third-order valence-corrected chi connectivity index (χ3v) is 3.21. The molecule has 2 amide bonds. The van der Waals surface area contributed by atoms with Gasteiger partial charge >= 0.3 is 12.1 Å². The van der Waals surface area contributed by atoms with E-state index in [9.17, 15) is 14.4 Å². The summed E-state index contributed by atoms with van der Waals surface area (Å²) in [4.78, 5) is 34.4. The molecule has 0 bridgehead atoms. The molecule has 0 spiro atoms. The van der Waals surface area contributed by atoms with Gasteiger partial charge in [-0.25, -0.2) is 9.59 Å². The molecule has 0 aromatic heterocycles. The first-order valence-corrected chi connectivity index (χ1v) is 8.58. The van der Waals surface area contributed by atoms with Gasteiger partial charge in [-0.1, -0.05) is 13.0 Å². The number of methoxy groups -OCH3 is 1. The molecule has 0 aliphatic heterocycles. The topological polar surface area (TPSA) is 100 Å². The number of rotatable bonds is 9. The summed E-state index contributed by atoms with van der Waals surface area (Å²) in [5.41, 5.74) is 0.700. The Morgan fingerprint density at radius 2 is 1.89 bits per heavy atom. The number of benzene rings is 1. The highest BCUT2D eigenvalue weighted by atomic mass is 16.6. The molecule has 0 fully saturated rings. The summed E-state index contributed by atoms with van der Waals surface area (Å²) in [7, 11) is 1.12. The van der Waals surface area contributed by atoms with Crippen LogP contribution in [0.4, 0.5) is 4.79 Å². The van der Waals surface area contributed by atoms with Crippen molar-refractivity contribution >= 4 is 24.0 Å². The zero-order valence-corrected chi connectivity index (χ0v) is 15.9. The Labute approximate surface area is 158 Å². The molecule has 1 aromatic carbocycles. The summed E-state index contributed by atoms with van der Waals surface area (Å²) in [6.07, 6.45) is 1.51. The summed E-state index contributed by atoms with van der Waals surface area (Å²) in [5, 5.41) is 1.92. The van der Waals surface area contributed by atoms with Gasteiger partial charge in [-0.15, -0.1) is 0 Å². The molecule has 8 heteroatoms. The van der Waals surface area contributed by atoms with Gasteiger partial charge in [0, 0.05) is 6.08 Å². The molecular formula is C19H25NO7. The minimum atomic E-state index is -1.15. The van der Waals surface area contributed by atoms with E-state index in [1.54, 1.807) is 18.2 Å². The second-order valence-corrected chi connectivity index (χ2v) is 5.38. The molecule has 0 aliphatic rings. The van der Waals surface area contributed by atoms with E-state index in [1.807, 2.05) is 19.2 Å². The van der Waals surface area contributed by atoms with E-state index < -0.39 is 24.1 Å². The molecule has 0 radical (unpaired) electrons. The first-order chi connectivity index (χ1) is 12.9. The van der Waals surface area contributed by atoms with Crippen molar-refractivity contribution in [1.29, 1.82) is 0 Å². The third-order valence-electron chi connectivity index (χ3n) is 3.21. The maximum Gasteiger partial charge on any atom is 0.413 e. The zero-order valence-electron chi connectivity index (χ0n) is 15.9. The number of carbonyl (C=O) groups excluding carboxylic acids is 3. The van der Waals surface area contributed by atoms with Crippen molar-refractivity contribution in [1.82, 2.24) is 5.32 Å². The van der Waals surface area contributed by atoms with Crippen LogP contribution in [-0.4, -0.2) is 44.4 Å². The number of amides is 2. The molecule has 0 saturated carbocycles. The van der Waals surface area contributed by atoms with Crippen LogP contribution in [0.15, 0.2) is 24.3 Å². The van der Waals surface area contributed by atoms with Gasteiger partial charge < -0.3 is 18.9 Å². The number of alkyl carbamates (subject to hydrolysis) is 1. The lowest BCUT2D eigenvalue weighted by molar-refractivity contribution is -0.149. The lowest BCUT2D eigenvalue weighted by Gasteiger charge is -2.12. The van der Waals surface area contributed by atoms with Crippen LogP contribution in [0.3, 0.4) is 0 Å². The Hall–Kier alpha value is -3.03. The van der Waals surface area contributed by atoms with Crippen LogP contribution in [0, 0.1) is 0 Å². The second-order valence-electron chi connectivity index (χ2n) is 5.38. The van der Waals surface area contributed by atoms with Crippen molar-refractivity contribution in [3.8, 4) is 11.5 Å². The van der Waals surface area contributed by atoms with Gasteiger partial charge in [0.15, 0.2) is 17.6 Å². The predicted molar refractivity (Wildman–Crippen MR) is 98.5 cm³/mol. The third kappa shape index (κ3) is 7.81. The Morgan fingerprint density at radius 3 is 2.52 bits per heavy atom. The van der Waals surface area contributed by atoms with E-state index in [4.69, 9.17) is 14.2 Å². The summed E-state index contributed by atoms with van der Waals surface area (Å²) in [6.45, 7) is 6.27. The van der Waals surface area contributed by atoms with E-state index in [1.165, 1.54) is 19.1 Å². The average molecular weight is 379 g/mol. The van der Waals surface area contributed by atoms with E-state index in [0.29, 0.717) is 30.3 Å². The smallest absolute Gasteiger partial charge is 0.413 e. The van der Waals surface area contributed by atoms with Crippen molar-refractivity contribution in [3.05, 3.63) is 29.8 Å². The van der Waals surface area contributed by atoms with Crippen molar-refractivity contribution in [2.45, 2.75) is 33.3 Å². The summed E-state index contributed by atoms with van der Waals surface area (Å²) in [6, 6.07) is 5.27. The van der Waals surface area contributed by atoms with Crippen molar-refractivity contribution in [3.63, 3.8) is 0 Å². The highest BCUT2D eigenvalue weighted by Crippen LogP contribution is 2.29. The van der Waals surface area contributed by atoms with Crippen LogP contribution in [0.1, 0.15) is 32.8 Å². The molecule has 8 nitrogen and oxygen atoms in total. The molecule has 1 atom stereocenters. The van der Waals surface area contributed by atoms with Crippen LogP contribution >= 0.6 is 0 Å². The maximum absolute atomic E-state index is 11.8. The van der Waals surface area contributed by atoms with Crippen LogP contribution in [0.2, 0.25) is 0 Å². The number of hydrogen-bond donors (Lipinski definition) is 1. The molecule has 148 valence electrons. The predicted octanol–water partition coefficient (Wildman–Crippen LogP) is 2.70. The Bertz CT molecular complexity index is 685. The van der Waals surface area contributed by atoms with Gasteiger partial charge in [-0.3, -0.25) is 10.1 Å². The van der Waals surface area contributed by atoms with Crippen LogP contribution < -0.4 is 14.8 Å². The summed E-state index contributed by atoms with van der Waals surface area (Å²) in [5.74, 6) is -0.301. The number of imide groups is 1. The van der Waals surface area contributed by atoms with Gasteiger partial charge in [0.25, 0.3) is 5.91 Å². The highest BCUT2D eigenvalue weighted by molar-refractivity contribution is 5.96. The summed E-state index contributed by atoms with van der Waals surface area (Å²) < 4.78 is 20.4. The lowest BCUT2D eigenvalue weighted by atomic mass is 10.2. The van der Waals surface area contributed by atoms with Gasteiger partial charge in [0.1, 0.15) is 0 Å². The van der Waals surface area contributed by atoms with E-state index in [-0.39, 0.29) is 0 Å². The quantitative estimate of drug-likeness (QED) is 0.520. The number of hydrogen-bond acceptors (Lipinski definition) is 7. The molecule has 0 heterocycles. The Balaban J connectivity index is 2.71. The number of carbonyl (C=O) groups is 3. The van der Waals surface area contributed by atoms with Gasteiger partial charge in [0.2, 0.25) is 0 Å². The lowest BCUT2D eigenvalue weighted by Crippen LogP contribution is -2.39. The number of ether oxygens (including phenoxy) is 4. The van der Waals surface area contributed by atoms with Gasteiger partial charge in [-0.2, -0.15) is 0 Å². The molecule has 0 saturated heterocycles. The molecule has 0 aliphatic carbocycles. The fourth-order valence-corrected chi connectivity index (χ4v) is 1.91. The highest BCUT2D eigenvalue weighted by Gasteiger charge is 2.19. The number of nitrogens with one attached hydrogen (secondary N) is 1. The standard InChI is InChI=1S/C19H25NO7/c1-5-11-26-15-9-7-14(12-16(15)25-6-2)8-10-17(21)27-13(3)18(22)20-19(23)24-4/h7-10,12-13H,5-6,11H2,1-4H3,(H,20,22,23)/b10-8+/t13-/m1/s1. The largest absolute Gasteiger partial charge is 0.490 e. The van der Waals surface area contributed by atoms with Crippen molar-refractivity contribution in [2.75, 3.05) is 20.3 Å². The van der Waals surface area contributed by atoms with Crippen molar-refractivity contribution < 1.29 is 33.3 Å². The molecule has 0 unspecified atom stereocenters. The van der Waals surface area contributed by atoms with E-state index in [2.05, 4.69) is 4.74 Å². The molecular weight excluding hydrogens is 354 g/mol. The Morgan fingerprint density at radius 1 is 1.15 bits per heavy atom. The minimum Gasteiger partial charge on any atom is -0.490 e. The molecule has 27 heavy (non-hydrogen) atoms. The molecule has 1 rings (SSSR count). The van der Waals surface area contributed by atoms with Crippen LogP contribution in [0.5, 0.6) is 11.5 Å². The number of esters is 1. The van der Waals surface area contributed by atoms with Crippen molar-refractivity contribution in [2.24, 2.45) is 0 Å².